The molecule has 0 heterocycles. The Morgan fingerprint density at radius 1 is 0.925 bits per heavy atom. The molecule has 0 spiro atoms. The number of carbonyl (C=O) groups is 4. The molecule has 0 aromatic rings. The van der Waals surface area contributed by atoms with Crippen LogP contribution in [0.15, 0.2) is 40.9 Å². The van der Waals surface area contributed by atoms with Crippen molar-refractivity contribution in [3.05, 3.63) is 36.0 Å². The second-order valence-corrected chi connectivity index (χ2v) is 11.5. The van der Waals surface area contributed by atoms with Gasteiger partial charge in [0.2, 0.25) is 12.4 Å². The lowest BCUT2D eigenvalue weighted by Crippen LogP contribution is -2.46. The standard InChI is InChI=1S/C21H32N4O5.C5H11NO2.C2H6/c1-19(2,3)29-17(27)24-16(22)25(18(28)30-20(4,5)6)13-15-10-8-9-11-21(7,12-15)23-14-26;1-5(2,3)8-4(6)7;1-2/h8-12,14H,13H2,1-7H3,(H,23,26)(H2,22,24,27);1-3H3,(H2,6,7);1-2H3. The average Bonchev–Trinajstić information content (AvgIpc) is 2.90. The van der Waals surface area contributed by atoms with Crippen molar-refractivity contribution in [1.29, 1.82) is 0 Å². The van der Waals surface area contributed by atoms with Crippen LogP contribution in [0.2, 0.25) is 0 Å². The Balaban J connectivity index is 0. The summed E-state index contributed by atoms with van der Waals surface area (Å²) < 4.78 is 15.1. The fourth-order valence-electron chi connectivity index (χ4n) is 2.71. The Hall–Kier alpha value is -3.83. The van der Waals surface area contributed by atoms with Crippen LogP contribution in [0.25, 0.3) is 0 Å². The fourth-order valence-corrected chi connectivity index (χ4v) is 2.71. The zero-order valence-corrected chi connectivity index (χ0v) is 26.1. The summed E-state index contributed by atoms with van der Waals surface area (Å²) in [6, 6.07) is 0. The maximum Gasteiger partial charge on any atom is 0.437 e. The van der Waals surface area contributed by atoms with Gasteiger partial charge in [0.25, 0.3) is 0 Å². The van der Waals surface area contributed by atoms with Crippen LogP contribution in [0.1, 0.15) is 83.1 Å². The minimum atomic E-state index is -0.923. The number of nitrogens with one attached hydrogen (secondary N) is 1. The van der Waals surface area contributed by atoms with E-state index in [1.807, 2.05) is 13.8 Å². The van der Waals surface area contributed by atoms with Crippen molar-refractivity contribution < 1.29 is 33.4 Å². The number of nitrogens with zero attached hydrogens (tertiary/aromatic N) is 2. The number of nitrogens with two attached hydrogens (primary N) is 2. The van der Waals surface area contributed by atoms with Gasteiger partial charge < -0.3 is 31.0 Å². The van der Waals surface area contributed by atoms with Crippen LogP contribution in [-0.2, 0) is 19.0 Å². The normalized spacial score (nSPS) is 16.9. The first-order valence-electron chi connectivity index (χ1n) is 12.9. The lowest BCUT2D eigenvalue weighted by Gasteiger charge is -2.28. The summed E-state index contributed by atoms with van der Waals surface area (Å²) in [5.74, 6) is -0.366. The molecule has 0 bridgehead atoms. The third-order valence-electron chi connectivity index (χ3n) is 3.96. The number of carbonyl (C=O) groups excluding carboxylic acids is 4. The average molecular weight is 568 g/mol. The van der Waals surface area contributed by atoms with Crippen LogP contribution in [0.3, 0.4) is 0 Å². The number of rotatable bonds is 4. The van der Waals surface area contributed by atoms with Crippen molar-refractivity contribution in [2.75, 3.05) is 6.54 Å². The molecule has 4 amide bonds. The molecule has 0 aliphatic heterocycles. The largest absolute Gasteiger partial charge is 0.444 e. The maximum atomic E-state index is 12.8. The molecule has 0 saturated heterocycles. The Kier molecular flexibility index (Phi) is 15.6. The number of hydrogen-bond donors (Lipinski definition) is 3. The molecule has 0 aromatic heterocycles. The topological polar surface area (TPSA) is 176 Å². The number of allylic oxidation sites excluding steroid dienone is 2. The summed E-state index contributed by atoms with van der Waals surface area (Å²) in [5.41, 5.74) is 8.56. The van der Waals surface area contributed by atoms with Crippen molar-refractivity contribution in [1.82, 2.24) is 10.2 Å². The van der Waals surface area contributed by atoms with Crippen molar-refractivity contribution in [3.8, 4) is 0 Å². The molecule has 1 aliphatic carbocycles. The van der Waals surface area contributed by atoms with E-state index in [1.54, 1.807) is 99.6 Å². The quantitative estimate of drug-likeness (QED) is 0.185. The summed E-state index contributed by atoms with van der Waals surface area (Å²) >= 11 is 0. The van der Waals surface area contributed by atoms with Gasteiger partial charge in [-0.15, -0.1) is 4.99 Å². The highest BCUT2D eigenvalue weighted by atomic mass is 16.6. The molecular formula is C28H49N5O7. The third-order valence-corrected chi connectivity index (χ3v) is 3.96. The van der Waals surface area contributed by atoms with Gasteiger partial charge in [-0.25, -0.2) is 19.3 Å². The fraction of sp³-hybridized carbons (Fsp3) is 0.607. The second kappa shape index (κ2) is 16.3. The van der Waals surface area contributed by atoms with Crippen LogP contribution < -0.4 is 16.8 Å². The van der Waals surface area contributed by atoms with Crippen LogP contribution in [0, 0.1) is 0 Å². The smallest absolute Gasteiger partial charge is 0.437 e. The van der Waals surface area contributed by atoms with Crippen molar-refractivity contribution in [3.63, 3.8) is 0 Å². The molecule has 40 heavy (non-hydrogen) atoms. The van der Waals surface area contributed by atoms with E-state index in [2.05, 4.69) is 15.0 Å². The molecule has 1 unspecified atom stereocenters. The molecule has 5 N–H and O–H groups in total. The Bertz CT molecular complexity index is 980. The van der Waals surface area contributed by atoms with E-state index >= 15 is 0 Å². The van der Waals surface area contributed by atoms with Crippen LogP contribution in [0.5, 0.6) is 0 Å². The molecule has 0 aromatic carbocycles. The van der Waals surface area contributed by atoms with Gasteiger partial charge in [-0.05, 0) is 74.8 Å². The zero-order chi connectivity index (χ0) is 31.9. The summed E-state index contributed by atoms with van der Waals surface area (Å²) in [6.45, 7) is 21.2. The first-order chi connectivity index (χ1) is 18.1. The van der Waals surface area contributed by atoms with Gasteiger partial charge in [-0.3, -0.25) is 4.79 Å². The molecule has 228 valence electrons. The Morgan fingerprint density at radius 3 is 1.82 bits per heavy atom. The highest BCUT2D eigenvalue weighted by Gasteiger charge is 2.28. The van der Waals surface area contributed by atoms with E-state index < -0.39 is 40.6 Å². The van der Waals surface area contributed by atoms with E-state index in [-0.39, 0.29) is 12.5 Å². The van der Waals surface area contributed by atoms with E-state index in [0.29, 0.717) is 12.0 Å². The lowest BCUT2D eigenvalue weighted by molar-refractivity contribution is -0.110. The molecule has 1 aliphatic rings. The predicted molar refractivity (Wildman–Crippen MR) is 157 cm³/mol. The first-order valence-corrected chi connectivity index (χ1v) is 12.9. The van der Waals surface area contributed by atoms with Gasteiger partial charge in [0.15, 0.2) is 0 Å². The maximum absolute atomic E-state index is 12.8. The number of amides is 4. The molecule has 0 fully saturated rings. The van der Waals surface area contributed by atoms with Gasteiger partial charge in [0.1, 0.15) is 16.8 Å². The Morgan fingerprint density at radius 2 is 1.43 bits per heavy atom. The summed E-state index contributed by atoms with van der Waals surface area (Å²) in [4.78, 5) is 50.5. The molecule has 12 heteroatoms. The summed E-state index contributed by atoms with van der Waals surface area (Å²) in [5, 5.41) is 2.70. The van der Waals surface area contributed by atoms with E-state index in [4.69, 9.17) is 20.9 Å². The number of hydrogen-bond acceptors (Lipinski definition) is 7. The minimum Gasteiger partial charge on any atom is -0.444 e. The van der Waals surface area contributed by atoms with Crippen molar-refractivity contribution in [2.24, 2.45) is 16.5 Å². The highest BCUT2D eigenvalue weighted by molar-refractivity contribution is 5.98. The van der Waals surface area contributed by atoms with Gasteiger partial charge >= 0.3 is 18.3 Å². The van der Waals surface area contributed by atoms with Crippen LogP contribution in [0.4, 0.5) is 14.4 Å². The molecule has 12 nitrogen and oxygen atoms in total. The predicted octanol–water partition coefficient (Wildman–Crippen LogP) is 4.94. The SMILES string of the molecule is CC.CC(C)(C)OC(N)=O.CC1(NC=O)C=CC=CC(CN(C(=O)OC(C)(C)C)/C(N)=N/C(=O)OC(C)(C)C)=C1. The summed E-state index contributed by atoms with van der Waals surface area (Å²) in [6.07, 6.45) is 7.02. The molecule has 1 atom stereocenters. The van der Waals surface area contributed by atoms with Gasteiger partial charge in [0, 0.05) is 0 Å². The molecule has 1 rings (SSSR count). The zero-order valence-electron chi connectivity index (χ0n) is 26.1. The summed E-state index contributed by atoms with van der Waals surface area (Å²) in [7, 11) is 0. The van der Waals surface area contributed by atoms with Crippen LogP contribution in [-0.4, -0.2) is 64.4 Å². The second-order valence-electron chi connectivity index (χ2n) is 11.5. The van der Waals surface area contributed by atoms with E-state index in [1.165, 1.54) is 0 Å². The number of ether oxygens (including phenoxy) is 3. The lowest BCUT2D eigenvalue weighted by atomic mass is 9.99. The van der Waals surface area contributed by atoms with Gasteiger partial charge in [-0.2, -0.15) is 0 Å². The number of primary amides is 1. The first kappa shape index (κ1) is 38.3. The van der Waals surface area contributed by atoms with Gasteiger partial charge in [0.05, 0.1) is 12.1 Å². The van der Waals surface area contributed by atoms with E-state index in [9.17, 15) is 19.2 Å². The van der Waals surface area contributed by atoms with Crippen molar-refractivity contribution >= 4 is 30.6 Å². The molecule has 0 radical (unpaired) electrons. The number of aliphatic imine (C=N–C) groups is 1. The number of guanidine groups is 1. The van der Waals surface area contributed by atoms with Crippen molar-refractivity contribution in [2.45, 2.75) is 105 Å². The molecular weight excluding hydrogens is 518 g/mol. The molecule has 0 saturated carbocycles. The highest BCUT2D eigenvalue weighted by Crippen LogP contribution is 2.18. The van der Waals surface area contributed by atoms with Gasteiger partial charge in [-0.1, -0.05) is 44.2 Å². The monoisotopic (exact) mass is 567 g/mol. The van der Waals surface area contributed by atoms with Crippen LogP contribution >= 0.6 is 0 Å². The van der Waals surface area contributed by atoms with E-state index in [0.717, 1.165) is 4.90 Å². The third kappa shape index (κ3) is 19.3. The Labute approximate surface area is 238 Å². The minimum absolute atomic E-state index is 0.0403.